The topological polar surface area (TPSA) is 114 Å². The van der Waals surface area contributed by atoms with Crippen LogP contribution in [-0.2, 0) is 14.2 Å². The third kappa shape index (κ3) is 3.41. The van der Waals surface area contributed by atoms with Crippen LogP contribution in [0.25, 0.3) is 11.0 Å². The van der Waals surface area contributed by atoms with E-state index in [2.05, 4.69) is 21.9 Å². The van der Waals surface area contributed by atoms with Gasteiger partial charge in [0.2, 0.25) is 0 Å². The second-order valence-electron chi connectivity index (χ2n) is 7.75. The zero-order chi connectivity index (χ0) is 19.2. The van der Waals surface area contributed by atoms with E-state index in [-0.39, 0.29) is 24.5 Å². The first-order valence-corrected chi connectivity index (χ1v) is 9.36. The quantitative estimate of drug-likeness (QED) is 0.758. The van der Waals surface area contributed by atoms with Gasteiger partial charge in [0.1, 0.15) is 36.1 Å². The second kappa shape index (κ2) is 6.99. The summed E-state index contributed by atoms with van der Waals surface area (Å²) in [6, 6.07) is 1.91. The Bertz CT molecular complexity index is 809. The third-order valence-electron chi connectivity index (χ3n) is 5.18. The van der Waals surface area contributed by atoms with E-state index in [1.165, 1.54) is 6.33 Å². The number of ether oxygens (including phenoxy) is 3. The minimum absolute atomic E-state index is 0.110. The molecule has 4 heterocycles. The third-order valence-corrected chi connectivity index (χ3v) is 5.18. The van der Waals surface area contributed by atoms with Crippen LogP contribution in [0.5, 0.6) is 0 Å². The Hall–Kier alpha value is -1.78. The van der Waals surface area contributed by atoms with Crippen molar-refractivity contribution in [3.05, 3.63) is 18.6 Å². The molecule has 9 nitrogen and oxygen atoms in total. The standard InChI is InChI=1S/C18H28N6O3/c1-18(2)26-13-12(9-23(3)7-4-6-19)25-17(14(13)27-18)24-8-5-11-15(20)21-10-22-16(11)24/h5,8,10,12-14,17H,4,6-7,9,19H2,1-3H3,(H2,20,21,22)/t12?,13-,14-,17?/m1/s1. The zero-order valence-electron chi connectivity index (χ0n) is 16.0. The molecule has 4 rings (SSSR count). The van der Waals surface area contributed by atoms with Crippen molar-refractivity contribution in [3.8, 4) is 0 Å². The molecule has 0 saturated carbocycles. The average Bonchev–Trinajstić information content (AvgIpc) is 3.26. The first-order chi connectivity index (χ1) is 12.9. The number of hydrogen-bond donors (Lipinski definition) is 2. The molecule has 0 amide bonds. The Morgan fingerprint density at radius 1 is 1.26 bits per heavy atom. The smallest absolute Gasteiger partial charge is 0.164 e. The highest BCUT2D eigenvalue weighted by Gasteiger charge is 2.56. The number of likely N-dealkylation sites (N-methyl/N-ethyl adjacent to an activating group) is 1. The van der Waals surface area contributed by atoms with Gasteiger partial charge in [-0.05, 0) is 46.5 Å². The van der Waals surface area contributed by atoms with Gasteiger partial charge in [-0.25, -0.2) is 9.97 Å². The number of anilines is 1. The maximum absolute atomic E-state index is 6.40. The molecule has 2 aliphatic heterocycles. The monoisotopic (exact) mass is 376 g/mol. The summed E-state index contributed by atoms with van der Waals surface area (Å²) < 4.78 is 20.8. The second-order valence-corrected chi connectivity index (χ2v) is 7.75. The lowest BCUT2D eigenvalue weighted by atomic mass is 10.1. The first kappa shape index (κ1) is 18.6. The fourth-order valence-corrected chi connectivity index (χ4v) is 3.99. The lowest BCUT2D eigenvalue weighted by molar-refractivity contribution is -0.197. The first-order valence-electron chi connectivity index (χ1n) is 9.36. The summed E-state index contributed by atoms with van der Waals surface area (Å²) in [5.74, 6) is -0.196. The van der Waals surface area contributed by atoms with Crippen LogP contribution in [-0.4, -0.2) is 70.2 Å². The average molecular weight is 376 g/mol. The predicted molar refractivity (Wildman–Crippen MR) is 101 cm³/mol. The van der Waals surface area contributed by atoms with Crippen LogP contribution in [0.3, 0.4) is 0 Å². The minimum Gasteiger partial charge on any atom is -0.383 e. The van der Waals surface area contributed by atoms with Crippen LogP contribution in [0.15, 0.2) is 18.6 Å². The highest BCUT2D eigenvalue weighted by Crippen LogP contribution is 2.44. The van der Waals surface area contributed by atoms with Crippen molar-refractivity contribution < 1.29 is 14.2 Å². The molecular formula is C18H28N6O3. The van der Waals surface area contributed by atoms with E-state index < -0.39 is 5.79 Å². The van der Waals surface area contributed by atoms with Crippen LogP contribution in [0.4, 0.5) is 5.82 Å². The van der Waals surface area contributed by atoms with Gasteiger partial charge in [0, 0.05) is 12.7 Å². The number of rotatable bonds is 6. The maximum atomic E-state index is 6.40. The summed E-state index contributed by atoms with van der Waals surface area (Å²) in [5, 5.41) is 0.805. The van der Waals surface area contributed by atoms with Gasteiger partial charge in [0.15, 0.2) is 12.0 Å². The van der Waals surface area contributed by atoms with Gasteiger partial charge in [-0.1, -0.05) is 0 Å². The van der Waals surface area contributed by atoms with Gasteiger partial charge in [-0.15, -0.1) is 0 Å². The van der Waals surface area contributed by atoms with E-state index >= 15 is 0 Å². The lowest BCUT2D eigenvalue weighted by Crippen LogP contribution is -2.39. The molecule has 2 unspecified atom stereocenters. The molecule has 0 aromatic carbocycles. The summed E-state index contributed by atoms with van der Waals surface area (Å²) in [6.07, 6.45) is 3.52. The maximum Gasteiger partial charge on any atom is 0.164 e. The molecule has 9 heteroatoms. The fraction of sp³-hybridized carbons (Fsp3) is 0.667. The Labute approximate surface area is 158 Å². The predicted octanol–water partition coefficient (Wildman–Crippen LogP) is 0.712. The summed E-state index contributed by atoms with van der Waals surface area (Å²) in [4.78, 5) is 10.7. The van der Waals surface area contributed by atoms with Crippen molar-refractivity contribution in [1.82, 2.24) is 19.4 Å². The molecule has 0 aliphatic carbocycles. The SMILES string of the molecule is CN(CCCN)CC1OC(n2ccc3c(N)ncnc32)[C@@H]2OC(C)(C)O[C@H]12. The molecule has 2 aliphatic rings. The summed E-state index contributed by atoms with van der Waals surface area (Å²) in [6.45, 7) is 6.21. The van der Waals surface area contributed by atoms with E-state index in [4.69, 9.17) is 25.7 Å². The number of nitrogen functional groups attached to an aromatic ring is 1. The van der Waals surface area contributed by atoms with Crippen LogP contribution in [0.1, 0.15) is 26.5 Å². The molecular weight excluding hydrogens is 348 g/mol. The van der Waals surface area contributed by atoms with E-state index in [1.807, 2.05) is 30.7 Å². The number of aromatic nitrogens is 3. The Morgan fingerprint density at radius 3 is 2.81 bits per heavy atom. The van der Waals surface area contributed by atoms with Gasteiger partial charge in [0.25, 0.3) is 0 Å². The molecule has 2 fully saturated rings. The molecule has 0 bridgehead atoms. The normalized spacial score (nSPS) is 29.7. The van der Waals surface area contributed by atoms with E-state index in [9.17, 15) is 0 Å². The number of nitrogens with two attached hydrogens (primary N) is 2. The Morgan fingerprint density at radius 2 is 2.04 bits per heavy atom. The van der Waals surface area contributed by atoms with Crippen LogP contribution in [0.2, 0.25) is 0 Å². The van der Waals surface area contributed by atoms with Crippen molar-refractivity contribution in [1.29, 1.82) is 0 Å². The van der Waals surface area contributed by atoms with E-state index in [0.717, 1.165) is 30.5 Å². The molecule has 27 heavy (non-hydrogen) atoms. The van der Waals surface area contributed by atoms with Crippen LogP contribution >= 0.6 is 0 Å². The number of nitrogens with zero attached hydrogens (tertiary/aromatic N) is 4. The van der Waals surface area contributed by atoms with Crippen molar-refractivity contribution in [2.24, 2.45) is 5.73 Å². The van der Waals surface area contributed by atoms with Gasteiger partial charge < -0.3 is 35.1 Å². The van der Waals surface area contributed by atoms with Gasteiger partial charge in [0.05, 0.1) is 5.39 Å². The highest BCUT2D eigenvalue weighted by atomic mass is 16.8. The van der Waals surface area contributed by atoms with Crippen LogP contribution in [0, 0.1) is 0 Å². The molecule has 4 atom stereocenters. The number of hydrogen-bond acceptors (Lipinski definition) is 8. The fourth-order valence-electron chi connectivity index (χ4n) is 3.99. The molecule has 0 radical (unpaired) electrons. The molecule has 0 spiro atoms. The van der Waals surface area contributed by atoms with E-state index in [1.54, 1.807) is 0 Å². The van der Waals surface area contributed by atoms with Gasteiger partial charge >= 0.3 is 0 Å². The van der Waals surface area contributed by atoms with Crippen molar-refractivity contribution >= 4 is 16.9 Å². The molecule has 148 valence electrons. The van der Waals surface area contributed by atoms with Gasteiger partial charge in [-0.3, -0.25) is 0 Å². The zero-order valence-corrected chi connectivity index (χ0v) is 16.0. The Balaban J connectivity index is 1.62. The number of fused-ring (bicyclic) bond motifs is 2. The Kier molecular flexibility index (Phi) is 4.81. The highest BCUT2D eigenvalue weighted by molar-refractivity contribution is 5.86. The van der Waals surface area contributed by atoms with Crippen molar-refractivity contribution in [2.75, 3.05) is 32.4 Å². The van der Waals surface area contributed by atoms with Crippen molar-refractivity contribution in [3.63, 3.8) is 0 Å². The van der Waals surface area contributed by atoms with Crippen molar-refractivity contribution in [2.45, 2.75) is 50.6 Å². The summed E-state index contributed by atoms with van der Waals surface area (Å²) in [5.41, 5.74) is 12.3. The summed E-state index contributed by atoms with van der Waals surface area (Å²) >= 11 is 0. The van der Waals surface area contributed by atoms with E-state index in [0.29, 0.717) is 12.4 Å². The summed E-state index contributed by atoms with van der Waals surface area (Å²) in [7, 11) is 2.07. The largest absolute Gasteiger partial charge is 0.383 e. The lowest BCUT2D eigenvalue weighted by Gasteiger charge is -2.27. The van der Waals surface area contributed by atoms with Crippen LogP contribution < -0.4 is 11.5 Å². The molecule has 2 saturated heterocycles. The molecule has 2 aromatic heterocycles. The molecule has 2 aromatic rings. The van der Waals surface area contributed by atoms with Gasteiger partial charge in [-0.2, -0.15) is 0 Å². The minimum atomic E-state index is -0.650. The molecule has 4 N–H and O–H groups in total.